The Bertz CT molecular complexity index is 908. The molecule has 3 aromatic rings. The molecule has 1 N–H and O–H groups in total. The maximum absolute atomic E-state index is 11.9. The highest BCUT2D eigenvalue weighted by molar-refractivity contribution is 6.33. The second-order valence-electron chi connectivity index (χ2n) is 5.17. The van der Waals surface area contributed by atoms with Gasteiger partial charge in [0.25, 0.3) is 5.91 Å². The zero-order valence-electron chi connectivity index (χ0n) is 12.7. The van der Waals surface area contributed by atoms with Crippen LogP contribution in [0.3, 0.4) is 0 Å². The maximum atomic E-state index is 11.9. The van der Waals surface area contributed by atoms with Crippen molar-refractivity contribution < 1.29 is 14.3 Å². The molecule has 0 fully saturated rings. The van der Waals surface area contributed by atoms with Crippen LogP contribution in [0.15, 0.2) is 66.7 Å². The number of carbonyl (C=O) groups is 2. The molecule has 0 aliphatic heterocycles. The number of ether oxygens (including phenoxy) is 1. The number of hydrogen-bond acceptors (Lipinski definition) is 3. The monoisotopic (exact) mass is 339 g/mol. The summed E-state index contributed by atoms with van der Waals surface area (Å²) in [6, 6.07) is 19.9. The predicted molar refractivity (Wildman–Crippen MR) is 94.3 cm³/mol. The van der Waals surface area contributed by atoms with Crippen LogP contribution >= 0.6 is 11.6 Å². The van der Waals surface area contributed by atoms with Crippen molar-refractivity contribution in [3.05, 3.63) is 77.3 Å². The maximum Gasteiger partial charge on any atom is 0.340 e. The minimum atomic E-state index is -0.630. The minimum absolute atomic E-state index is 0.234. The van der Waals surface area contributed by atoms with E-state index in [1.165, 1.54) is 0 Å². The summed E-state index contributed by atoms with van der Waals surface area (Å²) in [5, 5.41) is 5.10. The van der Waals surface area contributed by atoms with Gasteiger partial charge >= 0.3 is 5.97 Å². The van der Waals surface area contributed by atoms with Crippen LogP contribution in [0.5, 0.6) is 0 Å². The molecule has 0 aromatic heterocycles. The van der Waals surface area contributed by atoms with Crippen molar-refractivity contribution in [3.63, 3.8) is 0 Å². The first kappa shape index (κ1) is 16.0. The fourth-order valence-corrected chi connectivity index (χ4v) is 2.51. The van der Waals surface area contributed by atoms with Gasteiger partial charge in [0.05, 0.1) is 10.6 Å². The van der Waals surface area contributed by atoms with Gasteiger partial charge in [-0.05, 0) is 35.0 Å². The molecule has 5 heteroatoms. The molecule has 4 nitrogen and oxygen atoms in total. The largest absolute Gasteiger partial charge is 0.452 e. The highest BCUT2D eigenvalue weighted by Gasteiger charge is 2.13. The van der Waals surface area contributed by atoms with Gasteiger partial charge in [-0.15, -0.1) is 0 Å². The molecule has 0 unspecified atom stereocenters. The lowest BCUT2D eigenvalue weighted by Gasteiger charge is -2.08. The second kappa shape index (κ2) is 7.15. The summed E-state index contributed by atoms with van der Waals surface area (Å²) in [4.78, 5) is 23.9. The molecule has 3 rings (SSSR count). The van der Waals surface area contributed by atoms with Gasteiger partial charge in [0.2, 0.25) is 0 Å². The number of anilines is 1. The van der Waals surface area contributed by atoms with Gasteiger partial charge in [-0.25, -0.2) is 4.79 Å². The smallest absolute Gasteiger partial charge is 0.340 e. The van der Waals surface area contributed by atoms with Crippen LogP contribution in [0.25, 0.3) is 10.8 Å². The van der Waals surface area contributed by atoms with Crippen molar-refractivity contribution in [2.75, 3.05) is 11.9 Å². The summed E-state index contributed by atoms with van der Waals surface area (Å²) in [5.41, 5.74) is 0.880. The predicted octanol–water partition coefficient (Wildman–Crippen LogP) is 4.29. The molecule has 0 aliphatic carbocycles. The van der Waals surface area contributed by atoms with Crippen molar-refractivity contribution in [1.29, 1.82) is 0 Å². The molecular formula is C19H14ClNO3. The van der Waals surface area contributed by atoms with Gasteiger partial charge in [-0.2, -0.15) is 0 Å². The van der Waals surface area contributed by atoms with E-state index in [1.54, 1.807) is 30.3 Å². The number of rotatable bonds is 4. The number of benzene rings is 3. The van der Waals surface area contributed by atoms with Crippen LogP contribution in [-0.2, 0) is 9.53 Å². The van der Waals surface area contributed by atoms with Gasteiger partial charge in [0.1, 0.15) is 0 Å². The zero-order chi connectivity index (χ0) is 16.9. The molecule has 24 heavy (non-hydrogen) atoms. The van der Waals surface area contributed by atoms with E-state index in [9.17, 15) is 9.59 Å². The van der Waals surface area contributed by atoms with E-state index in [0.29, 0.717) is 5.69 Å². The van der Waals surface area contributed by atoms with Crippen LogP contribution in [-0.4, -0.2) is 18.5 Å². The fourth-order valence-electron chi connectivity index (χ4n) is 2.30. The first-order chi connectivity index (χ1) is 11.6. The second-order valence-corrected chi connectivity index (χ2v) is 5.57. The summed E-state index contributed by atoms with van der Waals surface area (Å²) >= 11 is 5.92. The third-order valence-electron chi connectivity index (χ3n) is 3.46. The van der Waals surface area contributed by atoms with Crippen molar-refractivity contribution in [1.82, 2.24) is 0 Å². The molecule has 0 atom stereocenters. The number of carbonyl (C=O) groups excluding carboxylic acids is 2. The Morgan fingerprint density at radius 1 is 0.917 bits per heavy atom. The fraction of sp³-hybridized carbons (Fsp3) is 0.0526. The molecule has 3 aromatic carbocycles. The quantitative estimate of drug-likeness (QED) is 0.721. The summed E-state index contributed by atoms with van der Waals surface area (Å²) in [6.45, 7) is -0.378. The molecule has 1 amide bonds. The lowest BCUT2D eigenvalue weighted by Crippen LogP contribution is -2.21. The van der Waals surface area contributed by atoms with E-state index in [1.807, 2.05) is 36.4 Å². The van der Waals surface area contributed by atoms with Gasteiger partial charge in [0, 0.05) is 5.69 Å². The lowest BCUT2D eigenvalue weighted by molar-refractivity contribution is -0.119. The topological polar surface area (TPSA) is 55.4 Å². The summed E-state index contributed by atoms with van der Waals surface area (Å²) in [7, 11) is 0. The summed E-state index contributed by atoms with van der Waals surface area (Å²) in [5.74, 6) is -1.04. The van der Waals surface area contributed by atoms with Crippen LogP contribution in [0.1, 0.15) is 10.4 Å². The van der Waals surface area contributed by atoms with E-state index in [2.05, 4.69) is 5.32 Å². The van der Waals surface area contributed by atoms with Gasteiger partial charge in [0.15, 0.2) is 6.61 Å². The normalized spacial score (nSPS) is 10.4. The van der Waals surface area contributed by atoms with E-state index in [4.69, 9.17) is 16.3 Å². The number of nitrogens with one attached hydrogen (secondary N) is 1. The standard InChI is InChI=1S/C19H14ClNO3/c20-17-8-4-3-7-16(17)19(23)24-12-18(22)21-15-10-9-13-5-1-2-6-14(13)11-15/h1-11H,12H2,(H,21,22). The van der Waals surface area contributed by atoms with Crippen LogP contribution in [0.2, 0.25) is 5.02 Å². The van der Waals surface area contributed by atoms with Crippen molar-refractivity contribution in [2.45, 2.75) is 0 Å². The van der Waals surface area contributed by atoms with Crippen LogP contribution in [0.4, 0.5) is 5.69 Å². The first-order valence-electron chi connectivity index (χ1n) is 7.34. The number of fused-ring (bicyclic) bond motifs is 1. The number of hydrogen-bond donors (Lipinski definition) is 1. The van der Waals surface area contributed by atoms with E-state index in [0.717, 1.165) is 10.8 Å². The van der Waals surface area contributed by atoms with E-state index in [-0.39, 0.29) is 17.2 Å². The molecule has 0 bridgehead atoms. The molecule has 120 valence electrons. The Kier molecular flexibility index (Phi) is 4.77. The van der Waals surface area contributed by atoms with Crippen molar-refractivity contribution in [3.8, 4) is 0 Å². The highest BCUT2D eigenvalue weighted by Crippen LogP contribution is 2.19. The Labute approximate surface area is 144 Å². The Hall–Kier alpha value is -2.85. The lowest BCUT2D eigenvalue weighted by atomic mass is 10.1. The number of amides is 1. The van der Waals surface area contributed by atoms with E-state index >= 15 is 0 Å². The average Bonchev–Trinajstić information content (AvgIpc) is 2.60. The molecular weight excluding hydrogens is 326 g/mol. The summed E-state index contributed by atoms with van der Waals surface area (Å²) in [6.07, 6.45) is 0. The molecule has 0 radical (unpaired) electrons. The molecule has 0 spiro atoms. The zero-order valence-corrected chi connectivity index (χ0v) is 13.4. The third-order valence-corrected chi connectivity index (χ3v) is 3.79. The average molecular weight is 340 g/mol. The van der Waals surface area contributed by atoms with Crippen LogP contribution < -0.4 is 5.32 Å². The SMILES string of the molecule is O=C(COC(=O)c1ccccc1Cl)Nc1ccc2ccccc2c1. The molecule has 0 saturated carbocycles. The van der Waals surface area contributed by atoms with Crippen molar-refractivity contribution >= 4 is 39.9 Å². The summed E-state index contributed by atoms with van der Waals surface area (Å²) < 4.78 is 4.99. The Morgan fingerprint density at radius 3 is 2.42 bits per heavy atom. The number of halogens is 1. The van der Waals surface area contributed by atoms with Crippen molar-refractivity contribution in [2.24, 2.45) is 0 Å². The first-order valence-corrected chi connectivity index (χ1v) is 7.71. The number of esters is 1. The van der Waals surface area contributed by atoms with Crippen LogP contribution in [0, 0.1) is 0 Å². The Morgan fingerprint density at radius 2 is 1.62 bits per heavy atom. The minimum Gasteiger partial charge on any atom is -0.452 e. The Balaban J connectivity index is 1.61. The molecule has 0 saturated heterocycles. The molecule has 0 heterocycles. The highest BCUT2D eigenvalue weighted by atomic mass is 35.5. The van der Waals surface area contributed by atoms with Gasteiger partial charge < -0.3 is 10.1 Å². The van der Waals surface area contributed by atoms with E-state index < -0.39 is 11.9 Å². The third kappa shape index (κ3) is 3.73. The van der Waals surface area contributed by atoms with Gasteiger partial charge in [-0.3, -0.25) is 4.79 Å². The molecule has 0 aliphatic rings. The van der Waals surface area contributed by atoms with Gasteiger partial charge in [-0.1, -0.05) is 54.1 Å².